The quantitative estimate of drug-likeness (QED) is 0.214. The summed E-state index contributed by atoms with van der Waals surface area (Å²) in [7, 11) is 0. The summed E-state index contributed by atoms with van der Waals surface area (Å²) in [6, 6.07) is 0. The molecule has 0 aromatic heterocycles. The molecule has 4 aliphatic carbocycles. The largest absolute Gasteiger partial charge is 0.462 e. The lowest BCUT2D eigenvalue weighted by molar-refractivity contribution is -0.272. The summed E-state index contributed by atoms with van der Waals surface area (Å²) >= 11 is 0. The number of rotatable bonds is 5. The highest BCUT2D eigenvalue weighted by molar-refractivity contribution is 5.69. The molecule has 4 nitrogen and oxygen atoms in total. The van der Waals surface area contributed by atoms with Crippen LogP contribution >= 0.6 is 0 Å². The Morgan fingerprint density at radius 2 is 1.92 bits per heavy atom. The molecule has 2 heterocycles. The fourth-order valence-corrected chi connectivity index (χ4v) is 10.5. The normalized spacial score (nSPS) is 50.6. The summed E-state index contributed by atoms with van der Waals surface area (Å²) in [6.07, 6.45) is 17.4. The minimum absolute atomic E-state index is 0.0190. The van der Waals surface area contributed by atoms with Gasteiger partial charge in [0.25, 0.3) is 0 Å². The molecular formula is C33H52O4. The van der Waals surface area contributed by atoms with Crippen LogP contribution in [0.25, 0.3) is 0 Å². The molecule has 0 amide bonds. The topological polar surface area (TPSA) is 44.8 Å². The van der Waals surface area contributed by atoms with Crippen molar-refractivity contribution in [3.05, 3.63) is 11.6 Å². The van der Waals surface area contributed by atoms with Crippen molar-refractivity contribution < 1.29 is 19.0 Å². The predicted octanol–water partition coefficient (Wildman–Crippen LogP) is 7.85. The van der Waals surface area contributed by atoms with Gasteiger partial charge in [0.1, 0.15) is 6.10 Å². The van der Waals surface area contributed by atoms with E-state index in [2.05, 4.69) is 40.7 Å². The molecule has 2 saturated heterocycles. The van der Waals surface area contributed by atoms with E-state index in [9.17, 15) is 4.79 Å². The average Bonchev–Trinajstić information content (AvgIpc) is 3.31. The first-order valence-electron chi connectivity index (χ1n) is 15.9. The van der Waals surface area contributed by atoms with Gasteiger partial charge in [-0.05, 0) is 91.8 Å². The monoisotopic (exact) mass is 512 g/mol. The summed E-state index contributed by atoms with van der Waals surface area (Å²) in [5, 5.41) is 0. The third-order valence-electron chi connectivity index (χ3n) is 12.6. The lowest BCUT2D eigenvalue weighted by Crippen LogP contribution is -2.52. The summed E-state index contributed by atoms with van der Waals surface area (Å²) in [5.41, 5.74) is 2.25. The van der Waals surface area contributed by atoms with Gasteiger partial charge in [0.2, 0.25) is 0 Å². The van der Waals surface area contributed by atoms with E-state index in [1.807, 2.05) is 0 Å². The first kappa shape index (κ1) is 26.4. The number of esters is 1. The van der Waals surface area contributed by atoms with Crippen LogP contribution < -0.4 is 0 Å². The van der Waals surface area contributed by atoms with Crippen molar-refractivity contribution in [2.45, 2.75) is 136 Å². The van der Waals surface area contributed by atoms with Gasteiger partial charge in [0.05, 0.1) is 12.7 Å². The molecule has 2 aliphatic heterocycles. The lowest BCUT2D eigenvalue weighted by Gasteiger charge is -2.58. The second-order valence-electron chi connectivity index (χ2n) is 14.6. The highest BCUT2D eigenvalue weighted by Gasteiger charge is 2.68. The Kier molecular flexibility index (Phi) is 6.87. The molecule has 6 aliphatic rings. The van der Waals surface area contributed by atoms with E-state index in [-0.39, 0.29) is 23.3 Å². The molecule has 0 aromatic carbocycles. The molecule has 5 fully saturated rings. The SMILES string of the molecule is CCCCCC(=O)O[C@H]1CC[C@@]2(C)C(=CC[C@H]3[C@@H]4C[C@@H]5O[C@]6(CC[C@H](C)CO6)[C@@H](C)[C@@H]5[C@@]4(C)CC[C@@H]32)C1. The summed E-state index contributed by atoms with van der Waals surface area (Å²) in [4.78, 5) is 12.4. The Balaban J connectivity index is 1.15. The highest BCUT2D eigenvalue weighted by Crippen LogP contribution is 2.70. The van der Waals surface area contributed by atoms with E-state index in [1.54, 1.807) is 5.57 Å². The minimum Gasteiger partial charge on any atom is -0.462 e. The zero-order chi connectivity index (χ0) is 26.0. The van der Waals surface area contributed by atoms with Gasteiger partial charge in [-0.25, -0.2) is 0 Å². The molecular weight excluding hydrogens is 460 g/mol. The van der Waals surface area contributed by atoms with Crippen molar-refractivity contribution in [1.82, 2.24) is 0 Å². The van der Waals surface area contributed by atoms with Crippen LogP contribution in [0, 0.1) is 46.3 Å². The van der Waals surface area contributed by atoms with Crippen LogP contribution in [-0.4, -0.2) is 30.6 Å². The molecule has 11 atom stereocenters. The molecule has 3 saturated carbocycles. The van der Waals surface area contributed by atoms with E-state index >= 15 is 0 Å². The molecule has 0 radical (unpaired) electrons. The average molecular weight is 513 g/mol. The second kappa shape index (κ2) is 9.65. The van der Waals surface area contributed by atoms with Gasteiger partial charge in [-0.3, -0.25) is 4.79 Å². The third-order valence-corrected chi connectivity index (χ3v) is 12.6. The number of hydrogen-bond acceptors (Lipinski definition) is 4. The Morgan fingerprint density at radius 3 is 2.68 bits per heavy atom. The van der Waals surface area contributed by atoms with E-state index in [0.29, 0.717) is 35.7 Å². The molecule has 0 aromatic rings. The molecule has 0 bridgehead atoms. The Morgan fingerprint density at radius 1 is 1.08 bits per heavy atom. The van der Waals surface area contributed by atoms with E-state index in [0.717, 1.165) is 62.9 Å². The number of carbonyl (C=O) groups is 1. The molecule has 6 rings (SSSR count). The maximum Gasteiger partial charge on any atom is 0.306 e. The Labute approximate surface area is 225 Å². The fraction of sp³-hybridized carbons (Fsp3) is 0.909. The molecule has 0 unspecified atom stereocenters. The van der Waals surface area contributed by atoms with Gasteiger partial charge in [-0.2, -0.15) is 0 Å². The van der Waals surface area contributed by atoms with Crippen molar-refractivity contribution in [3.63, 3.8) is 0 Å². The van der Waals surface area contributed by atoms with Gasteiger partial charge in [0.15, 0.2) is 5.79 Å². The fourth-order valence-electron chi connectivity index (χ4n) is 10.5. The van der Waals surface area contributed by atoms with Crippen LogP contribution in [0.3, 0.4) is 0 Å². The van der Waals surface area contributed by atoms with Crippen LogP contribution in [-0.2, 0) is 19.0 Å². The summed E-state index contributed by atoms with van der Waals surface area (Å²) in [5.74, 6) is 3.77. The molecule has 37 heavy (non-hydrogen) atoms. The van der Waals surface area contributed by atoms with Crippen LogP contribution in [0.5, 0.6) is 0 Å². The molecule has 208 valence electrons. The van der Waals surface area contributed by atoms with Gasteiger partial charge >= 0.3 is 5.97 Å². The predicted molar refractivity (Wildman–Crippen MR) is 146 cm³/mol. The third kappa shape index (κ3) is 4.17. The van der Waals surface area contributed by atoms with Gasteiger partial charge in [0, 0.05) is 25.2 Å². The van der Waals surface area contributed by atoms with Gasteiger partial charge in [-0.1, -0.05) is 59.1 Å². The van der Waals surface area contributed by atoms with Crippen molar-refractivity contribution in [2.75, 3.05) is 6.61 Å². The standard InChI is InChI=1S/C33H52O4/c1-6-7-8-9-29(34)36-24-13-15-31(4)23(18-24)10-11-25-26(31)14-16-32(5)27(25)19-28-30(32)22(3)33(37-28)17-12-21(2)20-35-33/h10,21-22,24-28,30H,6-9,11-20H2,1-5H3/t21-,22-,24-,25+,26-,27-,28-,30-,31-,32-,33+/m0/s1. The minimum atomic E-state index is -0.315. The zero-order valence-corrected chi connectivity index (χ0v) is 24.2. The molecule has 4 heteroatoms. The number of unbranched alkanes of at least 4 members (excludes halogenated alkanes) is 2. The van der Waals surface area contributed by atoms with Crippen LogP contribution in [0.4, 0.5) is 0 Å². The Bertz CT molecular complexity index is 902. The van der Waals surface area contributed by atoms with Crippen molar-refractivity contribution in [3.8, 4) is 0 Å². The van der Waals surface area contributed by atoms with Crippen LogP contribution in [0.1, 0.15) is 118 Å². The van der Waals surface area contributed by atoms with Crippen LogP contribution in [0.2, 0.25) is 0 Å². The highest BCUT2D eigenvalue weighted by atomic mass is 16.7. The van der Waals surface area contributed by atoms with E-state index < -0.39 is 0 Å². The number of allylic oxidation sites excluding steroid dienone is 1. The number of fused-ring (bicyclic) bond motifs is 7. The van der Waals surface area contributed by atoms with E-state index in [4.69, 9.17) is 14.2 Å². The number of carbonyl (C=O) groups excluding carboxylic acids is 1. The number of ether oxygens (including phenoxy) is 3. The lowest BCUT2D eigenvalue weighted by atomic mass is 9.47. The van der Waals surface area contributed by atoms with Gasteiger partial charge < -0.3 is 14.2 Å². The zero-order valence-electron chi connectivity index (χ0n) is 24.2. The maximum absolute atomic E-state index is 12.4. The number of hydrogen-bond donors (Lipinski definition) is 0. The molecule has 1 spiro atoms. The Hall–Kier alpha value is -0.870. The van der Waals surface area contributed by atoms with E-state index in [1.165, 1.54) is 38.5 Å². The first-order chi connectivity index (χ1) is 17.7. The summed E-state index contributed by atoms with van der Waals surface area (Å²) < 4.78 is 19.4. The van der Waals surface area contributed by atoms with Crippen molar-refractivity contribution >= 4 is 5.97 Å². The second-order valence-corrected chi connectivity index (χ2v) is 14.6. The molecule has 0 N–H and O–H groups in total. The first-order valence-corrected chi connectivity index (χ1v) is 15.9. The van der Waals surface area contributed by atoms with Crippen LogP contribution in [0.15, 0.2) is 11.6 Å². The van der Waals surface area contributed by atoms with Crippen molar-refractivity contribution in [2.24, 2.45) is 46.3 Å². The summed E-state index contributed by atoms with van der Waals surface area (Å²) in [6.45, 7) is 13.0. The smallest absolute Gasteiger partial charge is 0.306 e. The van der Waals surface area contributed by atoms with Gasteiger partial charge in [-0.15, -0.1) is 0 Å². The maximum atomic E-state index is 12.4. The van der Waals surface area contributed by atoms with Crippen molar-refractivity contribution in [1.29, 1.82) is 0 Å².